The quantitative estimate of drug-likeness (QED) is 0.559. The van der Waals surface area contributed by atoms with Crippen molar-refractivity contribution in [1.29, 1.82) is 0 Å². The highest BCUT2D eigenvalue weighted by atomic mass is 15.9. The van der Waals surface area contributed by atoms with E-state index in [1.54, 1.807) is 0 Å². The molecule has 0 amide bonds. The third-order valence-electron chi connectivity index (χ3n) is 1.74. The fourth-order valence-electron chi connectivity index (χ4n) is 1.33. The Labute approximate surface area is 67.8 Å². The molecule has 0 aromatic heterocycles. The second-order valence-electron chi connectivity index (χ2n) is 2.64. The lowest BCUT2D eigenvalue weighted by atomic mass is 10.6. The number of rotatable bonds is 4. The Morgan fingerprint density at radius 3 is 2.36 bits per heavy atom. The zero-order valence-electron chi connectivity index (χ0n) is 7.30. The molecule has 0 spiro atoms. The molecule has 1 rings (SSSR count). The molecule has 0 aliphatic carbocycles. The van der Waals surface area contributed by atoms with Gasteiger partial charge in [-0.3, -0.25) is 0 Å². The number of nitrogens with zero attached hydrogens (tertiary/aromatic N) is 2. The van der Waals surface area contributed by atoms with Gasteiger partial charge in [0.05, 0.1) is 6.54 Å². The van der Waals surface area contributed by atoms with Crippen molar-refractivity contribution in [3.8, 4) is 0 Å². The van der Waals surface area contributed by atoms with Crippen molar-refractivity contribution in [2.45, 2.75) is 13.8 Å². The smallest absolute Gasteiger partial charge is 0.225 e. The molecule has 1 aliphatic heterocycles. The lowest BCUT2D eigenvalue weighted by Crippen LogP contribution is -2.64. The van der Waals surface area contributed by atoms with Crippen molar-refractivity contribution in [2.75, 3.05) is 26.2 Å². The van der Waals surface area contributed by atoms with Crippen LogP contribution in [0.1, 0.15) is 13.8 Å². The Morgan fingerprint density at radius 1 is 1.36 bits per heavy atom. The molecule has 0 fully saturated rings. The van der Waals surface area contributed by atoms with Crippen LogP contribution in [-0.4, -0.2) is 37.2 Å². The van der Waals surface area contributed by atoms with E-state index in [4.69, 9.17) is 0 Å². The molecule has 0 radical (unpaired) electrons. The summed E-state index contributed by atoms with van der Waals surface area (Å²) in [5.41, 5.74) is 6.67. The van der Waals surface area contributed by atoms with Gasteiger partial charge < -0.3 is 0 Å². The molecule has 4 nitrogen and oxygen atoms in total. The summed E-state index contributed by atoms with van der Waals surface area (Å²) in [5, 5.41) is 0. The van der Waals surface area contributed by atoms with Crippen molar-refractivity contribution in [3.63, 3.8) is 0 Å². The molecule has 0 saturated heterocycles. The first kappa shape index (κ1) is 8.64. The van der Waals surface area contributed by atoms with E-state index in [9.17, 15) is 0 Å². The summed E-state index contributed by atoms with van der Waals surface area (Å²) in [6.07, 6.45) is 1.94. The van der Waals surface area contributed by atoms with Crippen LogP contribution in [0.3, 0.4) is 0 Å². The number of aliphatic imine (C=N–C) groups is 1. The summed E-state index contributed by atoms with van der Waals surface area (Å²) in [7, 11) is 0. The van der Waals surface area contributed by atoms with Crippen molar-refractivity contribution in [1.82, 2.24) is 10.9 Å². The zero-order valence-corrected chi connectivity index (χ0v) is 7.30. The molecular weight excluding hydrogens is 140 g/mol. The molecule has 0 aromatic rings. The van der Waals surface area contributed by atoms with Crippen LogP contribution in [0.15, 0.2) is 4.99 Å². The van der Waals surface area contributed by atoms with Crippen molar-refractivity contribution in [3.05, 3.63) is 0 Å². The van der Waals surface area contributed by atoms with E-state index in [2.05, 4.69) is 29.7 Å². The molecule has 11 heavy (non-hydrogen) atoms. The number of quaternary nitrogens is 1. The molecule has 0 unspecified atom stereocenters. The van der Waals surface area contributed by atoms with E-state index < -0.39 is 0 Å². The lowest BCUT2D eigenvalue weighted by Gasteiger charge is -2.28. The first-order chi connectivity index (χ1) is 5.33. The maximum Gasteiger partial charge on any atom is 0.225 e. The van der Waals surface area contributed by atoms with E-state index in [0.717, 1.165) is 26.2 Å². The Bertz CT molecular complexity index is 137. The fraction of sp³-hybridized carbons (Fsp3) is 0.857. The second-order valence-corrected chi connectivity index (χ2v) is 2.64. The SMILES string of the molecule is CCN[N+]1(NCC)C=NCC1. The van der Waals surface area contributed by atoms with Gasteiger partial charge in [-0.15, -0.1) is 15.6 Å². The summed E-state index contributed by atoms with van der Waals surface area (Å²) < 4.78 is 0.646. The lowest BCUT2D eigenvalue weighted by molar-refractivity contribution is -0.918. The van der Waals surface area contributed by atoms with Crippen molar-refractivity contribution >= 4 is 6.34 Å². The van der Waals surface area contributed by atoms with Gasteiger partial charge in [0, 0.05) is 13.1 Å². The number of hydrogen-bond donors (Lipinski definition) is 2. The Morgan fingerprint density at radius 2 is 2.00 bits per heavy atom. The molecular formula is C7H17N4+. The first-order valence-electron chi connectivity index (χ1n) is 4.22. The van der Waals surface area contributed by atoms with Gasteiger partial charge in [-0.05, 0) is 13.8 Å². The van der Waals surface area contributed by atoms with E-state index in [-0.39, 0.29) is 0 Å². The summed E-state index contributed by atoms with van der Waals surface area (Å²) in [5.74, 6) is 0. The van der Waals surface area contributed by atoms with Crippen LogP contribution in [-0.2, 0) is 0 Å². The van der Waals surface area contributed by atoms with Gasteiger partial charge in [0.2, 0.25) is 6.34 Å². The third-order valence-corrected chi connectivity index (χ3v) is 1.74. The third kappa shape index (κ3) is 1.99. The summed E-state index contributed by atoms with van der Waals surface area (Å²) in [6.45, 7) is 8.05. The Kier molecular flexibility index (Phi) is 2.99. The minimum Gasteiger partial charge on any atom is -0.232 e. The predicted molar refractivity (Wildman–Crippen MR) is 45.8 cm³/mol. The zero-order chi connectivity index (χ0) is 8.16. The van der Waals surface area contributed by atoms with Crippen LogP contribution >= 0.6 is 0 Å². The van der Waals surface area contributed by atoms with E-state index >= 15 is 0 Å². The van der Waals surface area contributed by atoms with E-state index in [0.29, 0.717) is 4.70 Å². The maximum atomic E-state index is 4.20. The van der Waals surface area contributed by atoms with Gasteiger partial charge in [-0.25, -0.2) is 4.99 Å². The van der Waals surface area contributed by atoms with Crippen LogP contribution in [0.5, 0.6) is 0 Å². The summed E-state index contributed by atoms with van der Waals surface area (Å²) in [6, 6.07) is 0. The number of hydrogen-bond acceptors (Lipinski definition) is 3. The van der Waals surface area contributed by atoms with Crippen LogP contribution in [0, 0.1) is 0 Å². The number of nitrogens with one attached hydrogen (secondary N) is 2. The minimum absolute atomic E-state index is 0.646. The fourth-order valence-corrected chi connectivity index (χ4v) is 1.33. The monoisotopic (exact) mass is 157 g/mol. The molecule has 0 bridgehead atoms. The molecule has 1 aliphatic rings. The minimum atomic E-state index is 0.646. The van der Waals surface area contributed by atoms with Crippen LogP contribution in [0.25, 0.3) is 0 Å². The second kappa shape index (κ2) is 3.80. The molecule has 0 aromatic carbocycles. The standard InChI is InChI=1S/C7H17N4/c1-3-9-11(10-4-2)6-5-8-7-11/h7,9-10H,3-6H2,1-2H3/q+1. The highest BCUT2D eigenvalue weighted by Crippen LogP contribution is 1.99. The van der Waals surface area contributed by atoms with E-state index in [1.807, 2.05) is 6.34 Å². The average Bonchev–Trinajstić information content (AvgIpc) is 2.39. The summed E-state index contributed by atoms with van der Waals surface area (Å²) in [4.78, 5) is 4.20. The highest BCUT2D eigenvalue weighted by Gasteiger charge is 2.28. The normalized spacial score (nSPS) is 20.9. The maximum absolute atomic E-state index is 4.20. The molecule has 64 valence electrons. The van der Waals surface area contributed by atoms with Gasteiger partial charge in [0.1, 0.15) is 6.54 Å². The van der Waals surface area contributed by atoms with Gasteiger partial charge in [0.15, 0.2) is 0 Å². The first-order valence-corrected chi connectivity index (χ1v) is 4.22. The van der Waals surface area contributed by atoms with Gasteiger partial charge in [-0.2, -0.15) is 0 Å². The average molecular weight is 157 g/mol. The van der Waals surface area contributed by atoms with Gasteiger partial charge in [-0.1, -0.05) is 0 Å². The highest BCUT2D eigenvalue weighted by molar-refractivity contribution is 5.47. The summed E-state index contributed by atoms with van der Waals surface area (Å²) >= 11 is 0. The topological polar surface area (TPSA) is 36.4 Å². The van der Waals surface area contributed by atoms with Crippen molar-refractivity contribution < 1.29 is 4.70 Å². The van der Waals surface area contributed by atoms with Crippen LogP contribution < -0.4 is 10.9 Å². The van der Waals surface area contributed by atoms with Gasteiger partial charge in [0.25, 0.3) is 0 Å². The predicted octanol–water partition coefficient (Wildman–Crippen LogP) is -0.106. The van der Waals surface area contributed by atoms with Crippen LogP contribution in [0.4, 0.5) is 0 Å². The largest absolute Gasteiger partial charge is 0.232 e. The van der Waals surface area contributed by atoms with E-state index in [1.165, 1.54) is 0 Å². The Balaban J connectivity index is 2.48. The van der Waals surface area contributed by atoms with Crippen LogP contribution in [0.2, 0.25) is 0 Å². The molecule has 0 atom stereocenters. The Hall–Kier alpha value is -0.450. The van der Waals surface area contributed by atoms with Gasteiger partial charge >= 0.3 is 0 Å². The molecule has 4 heteroatoms. The van der Waals surface area contributed by atoms with Crippen molar-refractivity contribution in [2.24, 2.45) is 4.99 Å². The molecule has 1 heterocycles. The molecule has 0 saturated carbocycles. The molecule has 2 N–H and O–H groups in total.